The molecule has 0 aliphatic rings. The highest BCUT2D eigenvalue weighted by atomic mass is 35.5. The van der Waals surface area contributed by atoms with Gasteiger partial charge in [0.25, 0.3) is 0 Å². The Labute approximate surface area is 124 Å². The van der Waals surface area contributed by atoms with Crippen LogP contribution in [0.4, 0.5) is 0 Å². The van der Waals surface area contributed by atoms with E-state index in [9.17, 15) is 0 Å². The smallest absolute Gasteiger partial charge is 0.0585 e. The van der Waals surface area contributed by atoms with Crippen LogP contribution in [0.2, 0.25) is 5.02 Å². The molecule has 0 bridgehead atoms. The summed E-state index contributed by atoms with van der Waals surface area (Å²) in [7, 11) is 0. The predicted octanol–water partition coefficient (Wildman–Crippen LogP) is 5.11. The maximum absolute atomic E-state index is 6.26. The minimum absolute atomic E-state index is 0.239. The van der Waals surface area contributed by atoms with E-state index in [4.69, 9.17) is 11.6 Å². The molecule has 3 heteroatoms. The zero-order chi connectivity index (χ0) is 13.8. The molecule has 0 saturated carbocycles. The van der Waals surface area contributed by atoms with Gasteiger partial charge >= 0.3 is 0 Å². The molecule has 0 aliphatic heterocycles. The Morgan fingerprint density at radius 3 is 2.58 bits per heavy atom. The topological polar surface area (TPSA) is 12.0 Å². The van der Waals surface area contributed by atoms with Crippen molar-refractivity contribution in [2.45, 2.75) is 33.2 Å². The molecule has 0 amide bonds. The lowest BCUT2D eigenvalue weighted by molar-refractivity contribution is 0.600. The largest absolute Gasteiger partial charge is 0.306 e. The third-order valence-corrected chi connectivity index (χ3v) is 4.50. The highest BCUT2D eigenvalue weighted by Crippen LogP contribution is 2.29. The molecular formula is C16H20ClNS. The number of benzene rings is 1. The van der Waals surface area contributed by atoms with E-state index in [1.54, 1.807) is 11.3 Å². The second-order valence-corrected chi connectivity index (χ2v) is 6.41. The van der Waals surface area contributed by atoms with Crippen molar-refractivity contribution >= 4 is 22.9 Å². The van der Waals surface area contributed by atoms with Gasteiger partial charge in [0.2, 0.25) is 0 Å². The average Bonchev–Trinajstić information content (AvgIpc) is 2.80. The van der Waals surface area contributed by atoms with Crippen LogP contribution in [0.15, 0.2) is 29.6 Å². The lowest BCUT2D eigenvalue weighted by Crippen LogP contribution is -2.22. The summed E-state index contributed by atoms with van der Waals surface area (Å²) in [6.45, 7) is 7.37. The van der Waals surface area contributed by atoms with Gasteiger partial charge in [-0.05, 0) is 61.0 Å². The number of halogens is 1. The van der Waals surface area contributed by atoms with Crippen molar-refractivity contribution in [1.29, 1.82) is 0 Å². The maximum Gasteiger partial charge on any atom is 0.0585 e. The first kappa shape index (κ1) is 14.6. The standard InChI is InChI=1S/C16H20ClNS/c1-4-7-18-16(14-8-12(3)19-10-14)13-6-5-11(2)15(17)9-13/h5-6,8-10,16,18H,4,7H2,1-3H3. The molecule has 19 heavy (non-hydrogen) atoms. The van der Waals surface area contributed by atoms with Crippen LogP contribution in [0.1, 0.15) is 41.0 Å². The fourth-order valence-corrected chi connectivity index (χ4v) is 3.04. The summed E-state index contributed by atoms with van der Waals surface area (Å²) in [5.74, 6) is 0. The van der Waals surface area contributed by atoms with Crippen LogP contribution in [0.25, 0.3) is 0 Å². The van der Waals surface area contributed by atoms with Crippen molar-refractivity contribution in [2.75, 3.05) is 6.54 Å². The highest BCUT2D eigenvalue weighted by molar-refractivity contribution is 7.10. The van der Waals surface area contributed by atoms with Crippen LogP contribution >= 0.6 is 22.9 Å². The molecule has 102 valence electrons. The normalized spacial score (nSPS) is 12.6. The van der Waals surface area contributed by atoms with Gasteiger partial charge in [-0.15, -0.1) is 11.3 Å². The molecule has 2 rings (SSSR count). The van der Waals surface area contributed by atoms with E-state index >= 15 is 0 Å². The van der Waals surface area contributed by atoms with Gasteiger partial charge in [0.1, 0.15) is 0 Å². The van der Waals surface area contributed by atoms with E-state index in [0.717, 1.165) is 23.6 Å². The summed E-state index contributed by atoms with van der Waals surface area (Å²) in [5, 5.41) is 6.68. The molecule has 1 heterocycles. The van der Waals surface area contributed by atoms with E-state index in [1.165, 1.54) is 16.0 Å². The fraction of sp³-hybridized carbons (Fsp3) is 0.375. The molecule has 1 aromatic heterocycles. The lowest BCUT2D eigenvalue weighted by Gasteiger charge is -2.19. The minimum atomic E-state index is 0.239. The van der Waals surface area contributed by atoms with Gasteiger partial charge in [0, 0.05) is 9.90 Å². The number of hydrogen-bond donors (Lipinski definition) is 1. The Morgan fingerprint density at radius 1 is 1.21 bits per heavy atom. The van der Waals surface area contributed by atoms with Crippen LogP contribution in [0, 0.1) is 13.8 Å². The monoisotopic (exact) mass is 293 g/mol. The molecule has 1 aromatic carbocycles. The van der Waals surface area contributed by atoms with Gasteiger partial charge in [0.15, 0.2) is 0 Å². The Balaban J connectivity index is 2.33. The van der Waals surface area contributed by atoms with Gasteiger partial charge < -0.3 is 5.32 Å². The first-order valence-electron chi connectivity index (χ1n) is 6.66. The van der Waals surface area contributed by atoms with Gasteiger partial charge in [-0.25, -0.2) is 0 Å². The molecule has 0 radical (unpaired) electrons. The summed E-state index contributed by atoms with van der Waals surface area (Å²) < 4.78 is 0. The van der Waals surface area contributed by atoms with E-state index in [1.807, 2.05) is 6.92 Å². The van der Waals surface area contributed by atoms with Crippen molar-refractivity contribution in [2.24, 2.45) is 0 Å². The van der Waals surface area contributed by atoms with Crippen LogP contribution in [0.5, 0.6) is 0 Å². The molecule has 0 spiro atoms. The molecule has 0 saturated heterocycles. The second kappa shape index (κ2) is 6.56. The van der Waals surface area contributed by atoms with Gasteiger partial charge in [-0.1, -0.05) is 30.7 Å². The van der Waals surface area contributed by atoms with E-state index in [2.05, 4.69) is 48.8 Å². The van der Waals surface area contributed by atoms with Gasteiger partial charge in [-0.2, -0.15) is 0 Å². The van der Waals surface area contributed by atoms with Crippen LogP contribution in [-0.2, 0) is 0 Å². The molecule has 1 nitrogen and oxygen atoms in total. The maximum atomic E-state index is 6.26. The lowest BCUT2D eigenvalue weighted by atomic mass is 9.99. The van der Waals surface area contributed by atoms with Crippen molar-refractivity contribution in [1.82, 2.24) is 5.32 Å². The summed E-state index contributed by atoms with van der Waals surface area (Å²) >= 11 is 8.05. The molecular weight excluding hydrogens is 274 g/mol. The zero-order valence-corrected chi connectivity index (χ0v) is 13.2. The fourth-order valence-electron chi connectivity index (χ4n) is 2.12. The Kier molecular flexibility index (Phi) is 5.03. The summed E-state index contributed by atoms with van der Waals surface area (Å²) in [5.41, 5.74) is 3.69. The molecule has 1 unspecified atom stereocenters. The highest BCUT2D eigenvalue weighted by Gasteiger charge is 2.15. The summed E-state index contributed by atoms with van der Waals surface area (Å²) in [6, 6.07) is 8.84. The average molecular weight is 294 g/mol. The van der Waals surface area contributed by atoms with Crippen LogP contribution in [-0.4, -0.2) is 6.54 Å². The first-order valence-corrected chi connectivity index (χ1v) is 7.92. The third kappa shape index (κ3) is 3.59. The Bertz CT molecular complexity index is 547. The molecule has 1 N–H and O–H groups in total. The molecule has 1 atom stereocenters. The predicted molar refractivity (Wildman–Crippen MR) is 85.4 cm³/mol. The van der Waals surface area contributed by atoms with Crippen LogP contribution in [0.3, 0.4) is 0 Å². The number of hydrogen-bond acceptors (Lipinski definition) is 2. The Morgan fingerprint density at radius 2 is 2.00 bits per heavy atom. The first-order chi connectivity index (χ1) is 9.11. The third-order valence-electron chi connectivity index (χ3n) is 3.21. The molecule has 0 fully saturated rings. The number of nitrogens with one attached hydrogen (secondary N) is 1. The number of aryl methyl sites for hydroxylation is 2. The van der Waals surface area contributed by atoms with Crippen LogP contribution < -0.4 is 5.32 Å². The summed E-state index contributed by atoms with van der Waals surface area (Å²) in [4.78, 5) is 1.34. The summed E-state index contributed by atoms with van der Waals surface area (Å²) in [6.07, 6.45) is 1.12. The van der Waals surface area contributed by atoms with Crippen molar-refractivity contribution in [3.05, 3.63) is 56.2 Å². The molecule has 0 aliphatic carbocycles. The number of thiophene rings is 1. The second-order valence-electron chi connectivity index (χ2n) is 4.89. The minimum Gasteiger partial charge on any atom is -0.306 e. The van der Waals surface area contributed by atoms with Gasteiger partial charge in [0.05, 0.1) is 6.04 Å². The van der Waals surface area contributed by atoms with Gasteiger partial charge in [-0.3, -0.25) is 0 Å². The SMILES string of the molecule is CCCNC(c1csc(C)c1)c1ccc(C)c(Cl)c1. The number of rotatable bonds is 5. The quantitative estimate of drug-likeness (QED) is 0.808. The Hall–Kier alpha value is -0.830. The van der Waals surface area contributed by atoms with Crippen molar-refractivity contribution in [3.8, 4) is 0 Å². The van der Waals surface area contributed by atoms with E-state index < -0.39 is 0 Å². The van der Waals surface area contributed by atoms with Crippen molar-refractivity contribution in [3.63, 3.8) is 0 Å². The molecule has 2 aromatic rings. The van der Waals surface area contributed by atoms with E-state index in [-0.39, 0.29) is 6.04 Å². The van der Waals surface area contributed by atoms with E-state index in [0.29, 0.717) is 0 Å². The van der Waals surface area contributed by atoms with Crippen molar-refractivity contribution < 1.29 is 0 Å². The zero-order valence-electron chi connectivity index (χ0n) is 11.7.